The standard InChI is InChI=1S/C33H33F3N4O4S/c1-45(42,43)38-26-9-15-29(16-10-26)44-28-13-5-23(6-14-28)21-39-19-17-25(18-20-39)37-33(41)40(27-11-7-24(34)8-12-27)22-30-31(35)3-2-4-32(30)36/h2-16,25,38H,17-22H2,1H3,(H,37,41). The van der Waals surface area contributed by atoms with Gasteiger partial charge in [-0.15, -0.1) is 0 Å². The molecule has 4 aromatic rings. The van der Waals surface area contributed by atoms with E-state index in [-0.39, 0.29) is 18.2 Å². The van der Waals surface area contributed by atoms with Crippen LogP contribution >= 0.6 is 0 Å². The summed E-state index contributed by atoms with van der Waals surface area (Å²) in [7, 11) is -3.35. The van der Waals surface area contributed by atoms with Gasteiger partial charge < -0.3 is 10.1 Å². The summed E-state index contributed by atoms with van der Waals surface area (Å²) in [5, 5.41) is 2.99. The number of nitrogens with zero attached hydrogens (tertiary/aromatic N) is 2. The van der Waals surface area contributed by atoms with E-state index in [4.69, 9.17) is 4.74 Å². The average molecular weight is 639 g/mol. The van der Waals surface area contributed by atoms with E-state index in [1.165, 1.54) is 35.2 Å². The maximum absolute atomic E-state index is 14.4. The molecule has 0 aromatic heterocycles. The zero-order valence-electron chi connectivity index (χ0n) is 24.5. The minimum Gasteiger partial charge on any atom is -0.457 e. The number of ether oxygens (including phenoxy) is 1. The van der Waals surface area contributed by atoms with Crippen molar-refractivity contribution in [2.75, 3.05) is 29.0 Å². The van der Waals surface area contributed by atoms with Crippen molar-refractivity contribution >= 4 is 27.4 Å². The number of amides is 2. The Hall–Kier alpha value is -4.55. The van der Waals surface area contributed by atoms with Crippen molar-refractivity contribution in [1.82, 2.24) is 10.2 Å². The molecule has 12 heteroatoms. The molecule has 0 bridgehead atoms. The summed E-state index contributed by atoms with van der Waals surface area (Å²) >= 11 is 0. The molecule has 0 saturated carbocycles. The minimum absolute atomic E-state index is 0.142. The number of rotatable bonds is 10. The summed E-state index contributed by atoms with van der Waals surface area (Å²) in [4.78, 5) is 16.9. The molecule has 5 rings (SSSR count). The fourth-order valence-electron chi connectivity index (χ4n) is 5.09. The molecule has 2 amide bonds. The van der Waals surface area contributed by atoms with Crippen LogP contribution in [0.5, 0.6) is 11.5 Å². The van der Waals surface area contributed by atoms with Crippen LogP contribution in [0.2, 0.25) is 0 Å². The van der Waals surface area contributed by atoms with Crippen LogP contribution in [0, 0.1) is 17.5 Å². The Morgan fingerprint density at radius 1 is 0.867 bits per heavy atom. The quantitative estimate of drug-likeness (QED) is 0.203. The molecule has 1 fully saturated rings. The molecular formula is C33H33F3N4O4S. The van der Waals surface area contributed by atoms with Gasteiger partial charge in [-0.25, -0.2) is 26.4 Å². The third-order valence-corrected chi connectivity index (χ3v) is 8.01. The van der Waals surface area contributed by atoms with Crippen molar-refractivity contribution in [3.8, 4) is 11.5 Å². The van der Waals surface area contributed by atoms with Gasteiger partial charge in [0.25, 0.3) is 0 Å². The molecule has 1 aliphatic rings. The van der Waals surface area contributed by atoms with Gasteiger partial charge in [0, 0.05) is 42.6 Å². The number of sulfonamides is 1. The Morgan fingerprint density at radius 2 is 1.44 bits per heavy atom. The number of nitrogens with one attached hydrogen (secondary N) is 2. The first-order valence-corrected chi connectivity index (χ1v) is 16.2. The van der Waals surface area contributed by atoms with E-state index < -0.39 is 33.5 Å². The van der Waals surface area contributed by atoms with E-state index in [2.05, 4.69) is 14.9 Å². The number of likely N-dealkylation sites (tertiary alicyclic amines) is 1. The number of anilines is 2. The van der Waals surface area contributed by atoms with Gasteiger partial charge in [0.05, 0.1) is 12.8 Å². The zero-order chi connectivity index (χ0) is 32.0. The lowest BCUT2D eigenvalue weighted by Gasteiger charge is -2.34. The van der Waals surface area contributed by atoms with Gasteiger partial charge in [-0.05, 0) is 91.2 Å². The van der Waals surface area contributed by atoms with Gasteiger partial charge in [0.2, 0.25) is 10.0 Å². The van der Waals surface area contributed by atoms with Gasteiger partial charge in [0.15, 0.2) is 0 Å². The molecule has 8 nitrogen and oxygen atoms in total. The van der Waals surface area contributed by atoms with E-state index in [1.807, 2.05) is 24.3 Å². The Kier molecular flexibility index (Phi) is 9.94. The number of benzene rings is 4. The number of hydrogen-bond donors (Lipinski definition) is 2. The SMILES string of the molecule is CS(=O)(=O)Nc1ccc(Oc2ccc(CN3CCC(NC(=O)N(Cc4c(F)cccc4F)c4ccc(F)cc4)CC3)cc2)cc1. The number of hydrogen-bond acceptors (Lipinski definition) is 5. The lowest BCUT2D eigenvalue weighted by Crippen LogP contribution is -2.49. The summed E-state index contributed by atoms with van der Waals surface area (Å²) in [5.74, 6) is -0.795. The van der Waals surface area contributed by atoms with Crippen molar-refractivity contribution in [1.29, 1.82) is 0 Å². The highest BCUT2D eigenvalue weighted by atomic mass is 32.2. The summed E-state index contributed by atoms with van der Waals surface area (Å²) in [6.07, 6.45) is 2.46. The van der Waals surface area contributed by atoms with Gasteiger partial charge in [-0.2, -0.15) is 0 Å². The van der Waals surface area contributed by atoms with Crippen LogP contribution in [0.25, 0.3) is 0 Å². The highest BCUT2D eigenvalue weighted by Gasteiger charge is 2.25. The second kappa shape index (κ2) is 14.0. The van der Waals surface area contributed by atoms with Crippen LogP contribution in [-0.2, 0) is 23.1 Å². The molecular weight excluding hydrogens is 605 g/mol. The predicted molar refractivity (Wildman–Crippen MR) is 167 cm³/mol. The summed E-state index contributed by atoms with van der Waals surface area (Å²) in [6, 6.07) is 22.4. The molecule has 4 aromatic carbocycles. The molecule has 1 saturated heterocycles. The molecule has 0 radical (unpaired) electrons. The van der Waals surface area contributed by atoms with Crippen LogP contribution in [0.15, 0.2) is 91.0 Å². The topological polar surface area (TPSA) is 91.0 Å². The lowest BCUT2D eigenvalue weighted by molar-refractivity contribution is 0.188. The molecule has 0 aliphatic carbocycles. The Balaban J connectivity index is 1.13. The van der Waals surface area contributed by atoms with E-state index >= 15 is 0 Å². The second-order valence-corrected chi connectivity index (χ2v) is 12.7. The first kappa shape index (κ1) is 31.9. The zero-order valence-corrected chi connectivity index (χ0v) is 25.4. The normalized spacial score (nSPS) is 14.1. The highest BCUT2D eigenvalue weighted by Crippen LogP contribution is 2.25. The average Bonchev–Trinajstić information content (AvgIpc) is 3.00. The number of urea groups is 1. The van der Waals surface area contributed by atoms with Gasteiger partial charge in [-0.1, -0.05) is 18.2 Å². The Morgan fingerprint density at radius 3 is 2.02 bits per heavy atom. The van der Waals surface area contributed by atoms with Gasteiger partial charge in [0.1, 0.15) is 29.0 Å². The second-order valence-electron chi connectivity index (χ2n) is 10.9. The largest absolute Gasteiger partial charge is 0.457 e. The van der Waals surface area contributed by atoms with Gasteiger partial charge in [-0.3, -0.25) is 14.5 Å². The molecule has 1 heterocycles. The van der Waals surface area contributed by atoms with Crippen LogP contribution in [0.4, 0.5) is 29.3 Å². The van der Waals surface area contributed by atoms with E-state index in [1.54, 1.807) is 24.3 Å². The highest BCUT2D eigenvalue weighted by molar-refractivity contribution is 7.92. The fourth-order valence-corrected chi connectivity index (χ4v) is 5.66. The van der Waals surface area contributed by atoms with E-state index in [0.29, 0.717) is 42.3 Å². The molecule has 0 spiro atoms. The van der Waals surface area contributed by atoms with Crippen LogP contribution < -0.4 is 19.7 Å². The maximum atomic E-state index is 14.4. The van der Waals surface area contributed by atoms with Crippen molar-refractivity contribution in [3.63, 3.8) is 0 Å². The summed E-state index contributed by atoms with van der Waals surface area (Å²) < 4.78 is 73.4. The number of carbonyl (C=O) groups is 1. The summed E-state index contributed by atoms with van der Waals surface area (Å²) in [5.41, 5.74) is 1.61. The van der Waals surface area contributed by atoms with Crippen molar-refractivity contribution < 1.29 is 31.1 Å². The monoisotopic (exact) mass is 638 g/mol. The first-order chi connectivity index (χ1) is 21.5. The third-order valence-electron chi connectivity index (χ3n) is 7.40. The summed E-state index contributed by atoms with van der Waals surface area (Å²) in [6.45, 7) is 1.83. The number of piperidine rings is 1. The van der Waals surface area contributed by atoms with Gasteiger partial charge >= 0.3 is 6.03 Å². The lowest BCUT2D eigenvalue weighted by atomic mass is 10.0. The maximum Gasteiger partial charge on any atom is 0.322 e. The van der Waals surface area contributed by atoms with Crippen molar-refractivity contribution in [2.24, 2.45) is 0 Å². The van der Waals surface area contributed by atoms with E-state index in [0.717, 1.165) is 37.0 Å². The predicted octanol–water partition coefficient (Wildman–Crippen LogP) is 6.65. The Bertz CT molecular complexity index is 1690. The van der Waals surface area contributed by atoms with Crippen molar-refractivity contribution in [2.45, 2.75) is 32.0 Å². The fraction of sp³-hybridized carbons (Fsp3) is 0.242. The molecule has 45 heavy (non-hydrogen) atoms. The van der Waals surface area contributed by atoms with Crippen LogP contribution in [-0.4, -0.2) is 44.7 Å². The van der Waals surface area contributed by atoms with Crippen LogP contribution in [0.1, 0.15) is 24.0 Å². The number of halogens is 3. The molecule has 0 atom stereocenters. The smallest absolute Gasteiger partial charge is 0.322 e. The first-order valence-electron chi connectivity index (χ1n) is 14.4. The molecule has 1 aliphatic heterocycles. The van der Waals surface area contributed by atoms with E-state index in [9.17, 15) is 26.4 Å². The Labute approximate surface area is 260 Å². The number of carbonyl (C=O) groups excluding carboxylic acids is 1. The molecule has 0 unspecified atom stereocenters. The van der Waals surface area contributed by atoms with Crippen molar-refractivity contribution in [3.05, 3.63) is 120 Å². The molecule has 236 valence electrons. The molecule has 2 N–H and O–H groups in total. The van der Waals surface area contributed by atoms with Crippen LogP contribution in [0.3, 0.4) is 0 Å². The minimum atomic E-state index is -3.35. The third kappa shape index (κ3) is 8.99.